The van der Waals surface area contributed by atoms with E-state index < -0.39 is 16.1 Å². The Kier molecular flexibility index (Phi) is 4.63. The van der Waals surface area contributed by atoms with E-state index in [0.29, 0.717) is 13.2 Å². The maximum atomic E-state index is 12.2. The summed E-state index contributed by atoms with van der Waals surface area (Å²) in [5, 5.41) is 0. The van der Waals surface area contributed by atoms with Gasteiger partial charge in [-0.15, -0.1) is 6.42 Å². The topological polar surface area (TPSA) is 55.4 Å². The molecule has 0 aromatic heterocycles. The highest BCUT2D eigenvalue weighted by Gasteiger charge is 2.28. The summed E-state index contributed by atoms with van der Waals surface area (Å²) < 4.78 is 33.0. The van der Waals surface area contributed by atoms with Crippen molar-refractivity contribution < 1.29 is 13.2 Å². The summed E-state index contributed by atoms with van der Waals surface area (Å²) in [6.07, 6.45) is 6.20. The van der Waals surface area contributed by atoms with Gasteiger partial charge in [0, 0.05) is 17.0 Å². The second-order valence-electron chi connectivity index (χ2n) is 4.34. The highest BCUT2D eigenvalue weighted by molar-refractivity contribution is 9.10. The highest BCUT2D eigenvalue weighted by Crippen LogP contribution is 2.19. The fourth-order valence-electron chi connectivity index (χ4n) is 1.93. The predicted molar refractivity (Wildman–Crippen MR) is 76.0 cm³/mol. The zero-order valence-electron chi connectivity index (χ0n) is 10.2. The Morgan fingerprint density at radius 2 is 2.11 bits per heavy atom. The molecular weight excluding hydrogens is 330 g/mol. The minimum atomic E-state index is -3.59. The first-order valence-corrected chi connectivity index (χ1v) is 8.12. The molecule has 0 amide bonds. The summed E-state index contributed by atoms with van der Waals surface area (Å²) in [5.41, 5.74) is 0. The summed E-state index contributed by atoms with van der Waals surface area (Å²) in [6, 6.07) is 5.89. The molecule has 1 N–H and O–H groups in total. The van der Waals surface area contributed by atoms with Crippen molar-refractivity contribution in [2.75, 3.05) is 13.2 Å². The molecule has 102 valence electrons. The van der Waals surface area contributed by atoms with E-state index >= 15 is 0 Å². The smallest absolute Gasteiger partial charge is 0.241 e. The number of nitrogens with one attached hydrogen (secondary N) is 1. The van der Waals surface area contributed by atoms with Gasteiger partial charge in [-0.2, -0.15) is 4.72 Å². The van der Waals surface area contributed by atoms with Gasteiger partial charge in [0.15, 0.2) is 0 Å². The van der Waals surface area contributed by atoms with Gasteiger partial charge in [-0.25, -0.2) is 8.42 Å². The Labute approximate surface area is 121 Å². The van der Waals surface area contributed by atoms with Crippen LogP contribution in [0, 0.1) is 18.3 Å². The lowest BCUT2D eigenvalue weighted by Gasteiger charge is -2.18. The number of benzene rings is 1. The van der Waals surface area contributed by atoms with E-state index in [1.165, 1.54) is 12.1 Å². The van der Waals surface area contributed by atoms with Crippen molar-refractivity contribution in [3.8, 4) is 12.3 Å². The van der Waals surface area contributed by atoms with E-state index in [1.807, 2.05) is 0 Å². The van der Waals surface area contributed by atoms with Crippen LogP contribution in [0.3, 0.4) is 0 Å². The first-order valence-electron chi connectivity index (χ1n) is 5.85. The second-order valence-corrected chi connectivity index (χ2v) is 6.97. The minimum Gasteiger partial charge on any atom is -0.381 e. The molecule has 1 saturated heterocycles. The molecule has 4 nitrogen and oxygen atoms in total. The molecule has 19 heavy (non-hydrogen) atoms. The fourth-order valence-corrected chi connectivity index (χ4v) is 3.42. The molecule has 6 heteroatoms. The van der Waals surface area contributed by atoms with Crippen LogP contribution in [0.4, 0.5) is 0 Å². The molecule has 0 saturated carbocycles. The molecule has 1 aromatic rings. The van der Waals surface area contributed by atoms with Crippen LogP contribution < -0.4 is 4.72 Å². The number of halogens is 1. The number of hydrogen-bond donors (Lipinski definition) is 1. The SMILES string of the molecule is C#C[C@H](NS(=O)(=O)c1ccc(Br)cc1)[C@H]1CCOC1. The van der Waals surface area contributed by atoms with Crippen molar-refractivity contribution in [2.45, 2.75) is 17.4 Å². The average Bonchev–Trinajstić information content (AvgIpc) is 2.90. The van der Waals surface area contributed by atoms with Gasteiger partial charge in [0.25, 0.3) is 0 Å². The molecule has 1 aliphatic rings. The molecule has 0 unspecified atom stereocenters. The fraction of sp³-hybridized carbons (Fsp3) is 0.385. The third-order valence-electron chi connectivity index (χ3n) is 3.02. The maximum absolute atomic E-state index is 12.2. The molecule has 2 atom stereocenters. The number of ether oxygens (including phenoxy) is 1. The summed E-state index contributed by atoms with van der Waals surface area (Å²) in [4.78, 5) is 0.204. The molecular formula is C13H14BrNO3S. The Bertz CT molecular complexity index is 571. The molecule has 1 heterocycles. The van der Waals surface area contributed by atoms with Gasteiger partial charge in [-0.3, -0.25) is 0 Å². The van der Waals surface area contributed by atoms with Gasteiger partial charge in [0.05, 0.1) is 17.5 Å². The van der Waals surface area contributed by atoms with Crippen LogP contribution in [-0.2, 0) is 14.8 Å². The Morgan fingerprint density at radius 1 is 1.42 bits per heavy atom. The monoisotopic (exact) mass is 343 g/mol. The molecule has 1 aliphatic heterocycles. The third-order valence-corrected chi connectivity index (χ3v) is 5.01. The summed E-state index contributed by atoms with van der Waals surface area (Å²) in [5.74, 6) is 2.54. The second kappa shape index (κ2) is 6.06. The summed E-state index contributed by atoms with van der Waals surface area (Å²) in [7, 11) is -3.59. The van der Waals surface area contributed by atoms with Crippen LogP contribution in [0.25, 0.3) is 0 Å². The largest absolute Gasteiger partial charge is 0.381 e. The summed E-state index contributed by atoms with van der Waals surface area (Å²) in [6.45, 7) is 1.13. The molecule has 1 aromatic carbocycles. The van der Waals surface area contributed by atoms with Crippen LogP contribution in [0.1, 0.15) is 6.42 Å². The third kappa shape index (κ3) is 3.57. The van der Waals surface area contributed by atoms with Crippen molar-refractivity contribution in [1.29, 1.82) is 0 Å². The van der Waals surface area contributed by atoms with Crippen LogP contribution in [0.2, 0.25) is 0 Å². The van der Waals surface area contributed by atoms with Crippen LogP contribution in [-0.4, -0.2) is 27.7 Å². The average molecular weight is 344 g/mol. The van der Waals surface area contributed by atoms with E-state index in [-0.39, 0.29) is 10.8 Å². The van der Waals surface area contributed by atoms with Crippen molar-refractivity contribution >= 4 is 26.0 Å². The molecule has 2 rings (SSSR count). The predicted octanol–water partition coefficient (Wildman–Crippen LogP) is 1.77. The lowest BCUT2D eigenvalue weighted by Crippen LogP contribution is -2.39. The van der Waals surface area contributed by atoms with Crippen molar-refractivity contribution in [3.63, 3.8) is 0 Å². The quantitative estimate of drug-likeness (QED) is 0.847. The number of sulfonamides is 1. The Hall–Kier alpha value is -0.870. The van der Waals surface area contributed by atoms with E-state index in [4.69, 9.17) is 11.2 Å². The number of hydrogen-bond acceptors (Lipinski definition) is 3. The Balaban J connectivity index is 2.16. The van der Waals surface area contributed by atoms with Crippen LogP contribution in [0.5, 0.6) is 0 Å². The van der Waals surface area contributed by atoms with Gasteiger partial charge in [0.2, 0.25) is 10.0 Å². The van der Waals surface area contributed by atoms with Crippen molar-refractivity contribution in [1.82, 2.24) is 4.72 Å². The molecule has 0 spiro atoms. The minimum absolute atomic E-state index is 0.0372. The normalized spacial score (nSPS) is 20.9. The molecule has 0 bridgehead atoms. The standard InChI is InChI=1S/C13H14BrNO3S/c1-2-13(10-7-8-18-9-10)15-19(16,17)12-5-3-11(14)4-6-12/h1,3-6,10,13,15H,7-9H2/t10-,13-/m0/s1. The lowest BCUT2D eigenvalue weighted by atomic mass is 10.0. The van der Waals surface area contributed by atoms with E-state index in [1.54, 1.807) is 12.1 Å². The van der Waals surface area contributed by atoms with Gasteiger partial charge in [0.1, 0.15) is 0 Å². The molecule has 0 aliphatic carbocycles. The maximum Gasteiger partial charge on any atom is 0.241 e. The highest BCUT2D eigenvalue weighted by atomic mass is 79.9. The van der Waals surface area contributed by atoms with Gasteiger partial charge in [-0.05, 0) is 30.7 Å². The number of terminal acetylenes is 1. The lowest BCUT2D eigenvalue weighted by molar-refractivity contribution is 0.183. The molecule has 1 fully saturated rings. The molecule has 0 radical (unpaired) electrons. The van der Waals surface area contributed by atoms with E-state index in [0.717, 1.165) is 10.9 Å². The zero-order chi connectivity index (χ0) is 13.9. The van der Waals surface area contributed by atoms with Gasteiger partial charge in [-0.1, -0.05) is 21.9 Å². The van der Waals surface area contributed by atoms with Gasteiger partial charge < -0.3 is 4.74 Å². The summed E-state index contributed by atoms with van der Waals surface area (Å²) >= 11 is 3.27. The van der Waals surface area contributed by atoms with Crippen molar-refractivity contribution in [3.05, 3.63) is 28.7 Å². The van der Waals surface area contributed by atoms with Gasteiger partial charge >= 0.3 is 0 Å². The van der Waals surface area contributed by atoms with Crippen molar-refractivity contribution in [2.24, 2.45) is 5.92 Å². The van der Waals surface area contributed by atoms with Crippen LogP contribution in [0.15, 0.2) is 33.6 Å². The van der Waals surface area contributed by atoms with Crippen LogP contribution >= 0.6 is 15.9 Å². The first kappa shape index (κ1) is 14.5. The Morgan fingerprint density at radius 3 is 2.63 bits per heavy atom. The zero-order valence-corrected chi connectivity index (χ0v) is 12.6. The van der Waals surface area contributed by atoms with E-state index in [2.05, 4.69) is 26.6 Å². The number of rotatable bonds is 4. The van der Waals surface area contributed by atoms with E-state index in [9.17, 15) is 8.42 Å². The first-order chi connectivity index (χ1) is 9.03.